The van der Waals surface area contributed by atoms with Crippen LogP contribution in [0.2, 0.25) is 5.15 Å². The number of ether oxygens (including phenoxy) is 3. The molecule has 23 heavy (non-hydrogen) atoms. The van der Waals surface area contributed by atoms with Gasteiger partial charge in [0.1, 0.15) is 11.3 Å². The Bertz CT molecular complexity index is 727. The van der Waals surface area contributed by atoms with Crippen molar-refractivity contribution in [3.05, 3.63) is 49.9 Å². The van der Waals surface area contributed by atoms with E-state index in [9.17, 15) is 0 Å². The van der Waals surface area contributed by atoms with Gasteiger partial charge in [0, 0.05) is 16.4 Å². The third-order valence-electron chi connectivity index (χ3n) is 4.33. The summed E-state index contributed by atoms with van der Waals surface area (Å²) in [4.78, 5) is 6.84. The lowest BCUT2D eigenvalue weighted by molar-refractivity contribution is -0.0414. The van der Waals surface area contributed by atoms with Crippen LogP contribution in [0.15, 0.2) is 18.2 Å². The van der Waals surface area contributed by atoms with Crippen molar-refractivity contribution in [1.29, 1.82) is 0 Å². The van der Waals surface area contributed by atoms with Gasteiger partial charge in [-0.05, 0) is 24.6 Å². The van der Waals surface area contributed by atoms with Gasteiger partial charge in [0.15, 0.2) is 6.29 Å². The van der Waals surface area contributed by atoms with E-state index in [2.05, 4.69) is 31.0 Å². The van der Waals surface area contributed by atoms with Gasteiger partial charge in [0.2, 0.25) is 0 Å². The summed E-state index contributed by atoms with van der Waals surface area (Å²) in [6.45, 7) is 6.23. The number of rotatable bonds is 2. The Morgan fingerprint density at radius 1 is 1.17 bits per heavy atom. The van der Waals surface area contributed by atoms with Crippen LogP contribution in [-0.4, -0.2) is 24.8 Å². The van der Waals surface area contributed by atoms with E-state index in [1.165, 1.54) is 10.4 Å². The van der Waals surface area contributed by atoms with Crippen molar-refractivity contribution in [3.8, 4) is 0 Å². The van der Waals surface area contributed by atoms with Crippen LogP contribution in [0.3, 0.4) is 0 Å². The fraction of sp³-hybridized carbons (Fsp3) is 0.471. The van der Waals surface area contributed by atoms with Crippen LogP contribution < -0.4 is 0 Å². The number of hydrogen-bond acceptors (Lipinski definition) is 5. The van der Waals surface area contributed by atoms with Gasteiger partial charge < -0.3 is 14.2 Å². The maximum atomic E-state index is 6.12. The van der Waals surface area contributed by atoms with Crippen LogP contribution in [0, 0.1) is 6.92 Å². The average molecular weight is 352 g/mol. The lowest BCUT2D eigenvalue weighted by Gasteiger charge is -2.29. The third kappa shape index (κ3) is 2.81. The highest BCUT2D eigenvalue weighted by atomic mass is 35.5. The zero-order chi connectivity index (χ0) is 16.0. The molecule has 6 heteroatoms. The molecular weight excluding hydrogens is 334 g/mol. The highest BCUT2D eigenvalue weighted by Crippen LogP contribution is 2.42. The Labute approximate surface area is 144 Å². The molecule has 4 nitrogen and oxygen atoms in total. The summed E-state index contributed by atoms with van der Waals surface area (Å²) in [5, 5.41) is 0.502. The first kappa shape index (κ1) is 15.5. The van der Waals surface area contributed by atoms with Crippen molar-refractivity contribution in [2.75, 3.05) is 19.8 Å². The lowest BCUT2D eigenvalue weighted by Crippen LogP contribution is -2.22. The zero-order valence-electron chi connectivity index (χ0n) is 13.0. The van der Waals surface area contributed by atoms with Crippen LogP contribution in [0.25, 0.3) is 0 Å². The van der Waals surface area contributed by atoms with Gasteiger partial charge in [-0.3, -0.25) is 0 Å². The molecule has 1 saturated heterocycles. The Balaban J connectivity index is 1.74. The standard InChI is InChI=1S/C17H18ClNO3S/c1-9-8-22-16(15-11(9)3-4-14(18)19-15)12-7-13(23-10(12)2)17-20-5-6-21-17/h3-4,7,9,16-17H,5-6,8H2,1-2H3. The fourth-order valence-corrected chi connectivity index (χ4v) is 4.36. The van der Waals surface area contributed by atoms with Crippen molar-refractivity contribution < 1.29 is 14.2 Å². The zero-order valence-corrected chi connectivity index (χ0v) is 14.6. The first-order valence-electron chi connectivity index (χ1n) is 7.75. The lowest BCUT2D eigenvalue weighted by atomic mass is 9.92. The molecular formula is C17H18ClNO3S. The number of nitrogens with zero attached hydrogens (tertiary/aromatic N) is 1. The second kappa shape index (κ2) is 6.15. The number of aromatic nitrogens is 1. The van der Waals surface area contributed by atoms with Gasteiger partial charge in [0.25, 0.3) is 0 Å². The summed E-state index contributed by atoms with van der Waals surface area (Å²) >= 11 is 7.82. The Morgan fingerprint density at radius 3 is 2.74 bits per heavy atom. The van der Waals surface area contributed by atoms with Gasteiger partial charge >= 0.3 is 0 Å². The van der Waals surface area contributed by atoms with Gasteiger partial charge in [-0.1, -0.05) is 24.6 Å². The average Bonchev–Trinajstić information content (AvgIpc) is 3.17. The fourth-order valence-electron chi connectivity index (χ4n) is 3.15. The van der Waals surface area contributed by atoms with Crippen LogP contribution in [0.4, 0.5) is 0 Å². The molecule has 0 aromatic carbocycles. The molecule has 0 aliphatic carbocycles. The molecule has 2 aliphatic heterocycles. The number of pyridine rings is 1. The molecule has 0 spiro atoms. The highest BCUT2D eigenvalue weighted by molar-refractivity contribution is 7.12. The summed E-state index contributed by atoms with van der Waals surface area (Å²) in [7, 11) is 0. The normalized spacial score (nSPS) is 24.8. The molecule has 2 atom stereocenters. The van der Waals surface area contributed by atoms with Crippen molar-refractivity contribution in [1.82, 2.24) is 4.98 Å². The van der Waals surface area contributed by atoms with E-state index in [0.29, 0.717) is 30.9 Å². The predicted octanol–water partition coefficient (Wildman–Crippen LogP) is 4.37. The molecule has 0 bridgehead atoms. The summed E-state index contributed by atoms with van der Waals surface area (Å²) in [6.07, 6.45) is -0.423. The largest absolute Gasteiger partial charge is 0.366 e. The van der Waals surface area contributed by atoms with Gasteiger partial charge in [-0.2, -0.15) is 0 Å². The van der Waals surface area contributed by atoms with Crippen LogP contribution >= 0.6 is 22.9 Å². The van der Waals surface area contributed by atoms with Crippen molar-refractivity contribution in [2.24, 2.45) is 0 Å². The van der Waals surface area contributed by atoms with Crippen LogP contribution in [0.1, 0.15) is 51.8 Å². The Hall–Kier alpha value is -0.980. The minimum absolute atomic E-state index is 0.175. The smallest absolute Gasteiger partial charge is 0.193 e. The van der Waals surface area contributed by atoms with E-state index in [-0.39, 0.29) is 12.4 Å². The maximum absolute atomic E-state index is 6.12. The quantitative estimate of drug-likeness (QED) is 0.753. The van der Waals surface area contributed by atoms with E-state index in [0.717, 1.165) is 16.1 Å². The number of thiophene rings is 1. The first-order valence-corrected chi connectivity index (χ1v) is 8.94. The van der Waals surface area contributed by atoms with Gasteiger partial charge in [-0.15, -0.1) is 11.3 Å². The molecule has 2 aliphatic rings. The summed E-state index contributed by atoms with van der Waals surface area (Å²) in [6, 6.07) is 6.05. The number of fused-ring (bicyclic) bond motifs is 1. The minimum Gasteiger partial charge on any atom is -0.366 e. The molecule has 0 amide bonds. The van der Waals surface area contributed by atoms with Crippen molar-refractivity contribution in [2.45, 2.75) is 32.2 Å². The Morgan fingerprint density at radius 2 is 1.96 bits per heavy atom. The first-order chi connectivity index (χ1) is 11.1. The van der Waals surface area contributed by atoms with Gasteiger partial charge in [0.05, 0.1) is 30.4 Å². The topological polar surface area (TPSA) is 40.6 Å². The van der Waals surface area contributed by atoms with Crippen LogP contribution in [0.5, 0.6) is 0 Å². The van der Waals surface area contributed by atoms with Crippen molar-refractivity contribution >= 4 is 22.9 Å². The second-order valence-electron chi connectivity index (χ2n) is 5.96. The van der Waals surface area contributed by atoms with Crippen molar-refractivity contribution in [3.63, 3.8) is 0 Å². The molecule has 0 saturated carbocycles. The van der Waals surface area contributed by atoms with E-state index >= 15 is 0 Å². The van der Waals surface area contributed by atoms with Crippen LogP contribution in [-0.2, 0) is 14.2 Å². The molecule has 2 unspecified atom stereocenters. The number of aryl methyl sites for hydroxylation is 1. The molecule has 0 N–H and O–H groups in total. The second-order valence-corrected chi connectivity index (χ2v) is 7.63. The molecule has 4 rings (SSSR count). The number of hydrogen-bond donors (Lipinski definition) is 0. The molecule has 122 valence electrons. The summed E-state index contributed by atoms with van der Waals surface area (Å²) in [5.41, 5.74) is 3.27. The van der Waals surface area contributed by atoms with E-state index < -0.39 is 0 Å². The SMILES string of the molecule is Cc1sc(C2OCCO2)cc1C1OCC(C)c2ccc(Cl)nc21. The summed E-state index contributed by atoms with van der Waals surface area (Å²) < 4.78 is 17.3. The number of halogens is 1. The molecule has 4 heterocycles. The summed E-state index contributed by atoms with van der Waals surface area (Å²) in [5.74, 6) is 0.325. The maximum Gasteiger partial charge on any atom is 0.193 e. The van der Waals surface area contributed by atoms with E-state index in [1.807, 2.05) is 6.07 Å². The molecule has 2 aromatic heterocycles. The minimum atomic E-state index is -0.248. The van der Waals surface area contributed by atoms with E-state index in [4.69, 9.17) is 25.8 Å². The molecule has 1 fully saturated rings. The monoisotopic (exact) mass is 351 g/mol. The van der Waals surface area contributed by atoms with Gasteiger partial charge in [-0.25, -0.2) is 4.98 Å². The van der Waals surface area contributed by atoms with E-state index in [1.54, 1.807) is 11.3 Å². The highest BCUT2D eigenvalue weighted by Gasteiger charge is 2.32. The predicted molar refractivity (Wildman–Crippen MR) is 89.2 cm³/mol. The molecule has 0 radical (unpaired) electrons. The molecule has 2 aromatic rings. The third-order valence-corrected chi connectivity index (χ3v) is 5.63. The Kier molecular flexibility index (Phi) is 4.15.